The molecule has 1 heterocycles. The second kappa shape index (κ2) is 7.46. The molecule has 2 nitrogen and oxygen atoms in total. The number of halogens is 6. The van der Waals surface area contributed by atoms with Crippen LogP contribution in [0, 0.1) is 0 Å². The van der Waals surface area contributed by atoms with E-state index < -0.39 is 6.61 Å². The van der Waals surface area contributed by atoms with Crippen LogP contribution in [0.3, 0.4) is 0 Å². The van der Waals surface area contributed by atoms with E-state index in [0.29, 0.717) is 26.1 Å². The molecule has 2 aromatic rings. The van der Waals surface area contributed by atoms with Crippen molar-refractivity contribution in [3.05, 3.63) is 41.4 Å². The van der Waals surface area contributed by atoms with Crippen LogP contribution in [0.5, 0.6) is 5.75 Å². The topological polar surface area (TPSA) is 21.3 Å². The summed E-state index contributed by atoms with van der Waals surface area (Å²) in [6.07, 6.45) is 0. The van der Waals surface area contributed by atoms with Gasteiger partial charge in [-0.2, -0.15) is 8.78 Å². The fraction of sp³-hybridized carbons (Fsp3) is 0.167. The highest BCUT2D eigenvalue weighted by molar-refractivity contribution is 9.11. The Labute approximate surface area is 150 Å². The zero-order valence-corrected chi connectivity index (χ0v) is 15.6. The first-order valence-corrected chi connectivity index (χ1v) is 8.64. The fourth-order valence-electron chi connectivity index (χ4n) is 1.56. The second-order valence-corrected chi connectivity index (χ2v) is 7.71. The lowest BCUT2D eigenvalue weighted by Gasteiger charge is -2.14. The highest BCUT2D eigenvalue weighted by Crippen LogP contribution is 2.38. The van der Waals surface area contributed by atoms with Crippen LogP contribution < -0.4 is 10.1 Å². The van der Waals surface area contributed by atoms with Crippen LogP contribution >= 0.6 is 66.4 Å². The smallest absolute Gasteiger partial charge is 0.387 e. The lowest BCUT2D eigenvalue weighted by Crippen LogP contribution is -2.07. The third kappa shape index (κ3) is 4.69. The van der Waals surface area contributed by atoms with Crippen LogP contribution in [0.1, 0.15) is 4.88 Å². The molecule has 0 fully saturated rings. The quantitative estimate of drug-likeness (QED) is 0.507. The van der Waals surface area contributed by atoms with Crippen molar-refractivity contribution in [2.24, 2.45) is 0 Å². The van der Waals surface area contributed by atoms with Crippen LogP contribution in [0.4, 0.5) is 14.5 Å². The highest BCUT2D eigenvalue weighted by atomic mass is 79.9. The van der Waals surface area contributed by atoms with E-state index in [1.807, 2.05) is 6.07 Å². The Bertz CT molecular complexity index is 635. The van der Waals surface area contributed by atoms with Crippen LogP contribution in [0.15, 0.2) is 27.1 Å². The summed E-state index contributed by atoms with van der Waals surface area (Å²) in [4.78, 5) is 0.936. The standard InChI is InChI=1S/C12H7Br2Cl2F2NOS/c13-7-1-5(15)2-9(10(7)20-12(17)18)19-4-6-3-8(14)11(16)21-6/h1-3,12,19H,4H2. The highest BCUT2D eigenvalue weighted by Gasteiger charge is 2.15. The minimum Gasteiger partial charge on any atom is -0.431 e. The normalized spacial score (nSPS) is 11.0. The molecule has 0 unspecified atom stereocenters. The van der Waals surface area contributed by atoms with E-state index in [9.17, 15) is 8.78 Å². The molecule has 0 saturated carbocycles. The van der Waals surface area contributed by atoms with Gasteiger partial charge in [-0.25, -0.2) is 0 Å². The van der Waals surface area contributed by atoms with Crippen molar-refractivity contribution in [2.75, 3.05) is 5.32 Å². The Balaban J connectivity index is 2.21. The van der Waals surface area contributed by atoms with Gasteiger partial charge in [0, 0.05) is 20.9 Å². The number of anilines is 1. The van der Waals surface area contributed by atoms with Gasteiger partial charge in [0.1, 0.15) is 4.34 Å². The number of rotatable bonds is 5. The molecule has 0 aliphatic carbocycles. The van der Waals surface area contributed by atoms with E-state index in [-0.39, 0.29) is 5.75 Å². The molecule has 0 amide bonds. The van der Waals surface area contributed by atoms with Gasteiger partial charge < -0.3 is 10.1 Å². The molecule has 1 N–H and O–H groups in total. The molecule has 21 heavy (non-hydrogen) atoms. The van der Waals surface area contributed by atoms with Crippen molar-refractivity contribution < 1.29 is 13.5 Å². The fourth-order valence-corrected chi connectivity index (χ4v) is 4.20. The third-order valence-electron chi connectivity index (χ3n) is 2.36. The molecule has 114 valence electrons. The van der Waals surface area contributed by atoms with Crippen LogP contribution in [0.25, 0.3) is 0 Å². The Morgan fingerprint density at radius 2 is 1.90 bits per heavy atom. The molecule has 2 rings (SSSR count). The first-order valence-electron chi connectivity index (χ1n) is 5.48. The number of benzene rings is 1. The zero-order valence-electron chi connectivity index (χ0n) is 10.1. The van der Waals surface area contributed by atoms with Crippen molar-refractivity contribution in [2.45, 2.75) is 13.2 Å². The summed E-state index contributed by atoms with van der Waals surface area (Å²) >= 11 is 19.7. The predicted octanol–water partition coefficient (Wildman–Crippen LogP) is 6.79. The van der Waals surface area contributed by atoms with E-state index in [0.717, 1.165) is 9.35 Å². The Morgan fingerprint density at radius 1 is 1.19 bits per heavy atom. The molecule has 9 heteroatoms. The van der Waals surface area contributed by atoms with Gasteiger partial charge in [-0.1, -0.05) is 23.2 Å². The molecule has 0 bridgehead atoms. The Kier molecular flexibility index (Phi) is 6.14. The number of ether oxygens (including phenoxy) is 1. The molecule has 0 aliphatic heterocycles. The molecule has 0 aliphatic rings. The number of nitrogens with one attached hydrogen (secondary N) is 1. The monoisotopic (exact) mass is 479 g/mol. The van der Waals surface area contributed by atoms with Crippen LogP contribution in [-0.4, -0.2) is 6.61 Å². The van der Waals surface area contributed by atoms with E-state index in [2.05, 4.69) is 41.9 Å². The van der Waals surface area contributed by atoms with Crippen LogP contribution in [0.2, 0.25) is 9.36 Å². The van der Waals surface area contributed by atoms with Crippen molar-refractivity contribution in [3.63, 3.8) is 0 Å². The van der Waals surface area contributed by atoms with E-state index >= 15 is 0 Å². The van der Waals surface area contributed by atoms with Gasteiger partial charge in [-0.3, -0.25) is 0 Å². The van der Waals surface area contributed by atoms with Crippen molar-refractivity contribution in [3.8, 4) is 5.75 Å². The van der Waals surface area contributed by atoms with E-state index in [4.69, 9.17) is 23.2 Å². The lowest BCUT2D eigenvalue weighted by molar-refractivity contribution is -0.0498. The minimum atomic E-state index is -2.92. The van der Waals surface area contributed by atoms with E-state index in [1.165, 1.54) is 23.5 Å². The third-order valence-corrected chi connectivity index (χ3v) is 5.65. The SMILES string of the molecule is FC(F)Oc1c(Br)cc(Cl)cc1NCc1cc(Br)c(Cl)s1. The van der Waals surface area contributed by atoms with Gasteiger partial charge in [-0.15, -0.1) is 11.3 Å². The zero-order chi connectivity index (χ0) is 15.6. The van der Waals surface area contributed by atoms with Gasteiger partial charge in [0.2, 0.25) is 0 Å². The van der Waals surface area contributed by atoms with Gasteiger partial charge in [0.25, 0.3) is 0 Å². The molecule has 1 aromatic heterocycles. The van der Waals surface area contributed by atoms with Crippen molar-refractivity contribution in [1.29, 1.82) is 0 Å². The maximum absolute atomic E-state index is 12.5. The first kappa shape index (κ1) is 17.3. The molecule has 0 atom stereocenters. The van der Waals surface area contributed by atoms with E-state index in [1.54, 1.807) is 0 Å². The number of thiophene rings is 1. The predicted molar refractivity (Wildman–Crippen MR) is 90.1 cm³/mol. The maximum Gasteiger partial charge on any atom is 0.387 e. The summed E-state index contributed by atoms with van der Waals surface area (Å²) in [5.41, 5.74) is 0.371. The van der Waals surface area contributed by atoms with Gasteiger partial charge in [0.15, 0.2) is 5.75 Å². The van der Waals surface area contributed by atoms with Gasteiger partial charge >= 0.3 is 6.61 Å². The minimum absolute atomic E-state index is 0.0103. The Hall–Kier alpha value is -0.0800. The Morgan fingerprint density at radius 3 is 2.48 bits per heavy atom. The molecule has 0 spiro atoms. The number of hydrogen-bond acceptors (Lipinski definition) is 3. The lowest BCUT2D eigenvalue weighted by atomic mass is 10.3. The molecule has 0 saturated heterocycles. The molecule has 1 aromatic carbocycles. The summed E-state index contributed by atoms with van der Waals surface area (Å²) in [6, 6.07) is 4.87. The number of hydrogen-bond donors (Lipinski definition) is 1. The van der Waals surface area contributed by atoms with Crippen LogP contribution in [-0.2, 0) is 6.54 Å². The largest absolute Gasteiger partial charge is 0.431 e. The molecular formula is C12H7Br2Cl2F2NOS. The molecule has 0 radical (unpaired) electrons. The van der Waals surface area contributed by atoms with Gasteiger partial charge in [0.05, 0.1) is 10.2 Å². The second-order valence-electron chi connectivity index (χ2n) is 3.83. The summed E-state index contributed by atoms with van der Waals surface area (Å²) in [5.74, 6) is 0.0103. The maximum atomic E-state index is 12.5. The summed E-state index contributed by atoms with van der Waals surface area (Å²) in [5, 5.41) is 3.41. The van der Waals surface area contributed by atoms with Crippen molar-refractivity contribution in [1.82, 2.24) is 0 Å². The van der Waals surface area contributed by atoms with Gasteiger partial charge in [-0.05, 0) is 50.1 Å². The average molecular weight is 482 g/mol. The summed E-state index contributed by atoms with van der Waals surface area (Å²) in [6.45, 7) is -2.52. The summed E-state index contributed by atoms with van der Waals surface area (Å²) in [7, 11) is 0. The number of alkyl halides is 2. The summed E-state index contributed by atoms with van der Waals surface area (Å²) < 4.78 is 31.2. The first-order chi connectivity index (χ1) is 9.86. The molecular weight excluding hydrogens is 475 g/mol. The van der Waals surface area contributed by atoms with Crippen molar-refractivity contribution >= 4 is 72.1 Å². The average Bonchev–Trinajstić information content (AvgIpc) is 2.69.